The number of amides is 3. The van der Waals surface area contributed by atoms with E-state index in [1.165, 1.54) is 0 Å². The van der Waals surface area contributed by atoms with E-state index in [1.54, 1.807) is 6.20 Å². The monoisotopic (exact) mass is 361 g/mol. The van der Waals surface area contributed by atoms with E-state index in [1.807, 2.05) is 27.5 Å². The van der Waals surface area contributed by atoms with Gasteiger partial charge in [0.05, 0.1) is 0 Å². The van der Waals surface area contributed by atoms with Gasteiger partial charge in [-0.2, -0.15) is 0 Å². The third-order valence-corrected chi connectivity index (χ3v) is 5.50. The summed E-state index contributed by atoms with van der Waals surface area (Å²) in [6, 6.07) is 0.0263. The Morgan fingerprint density at radius 1 is 1.08 bits per heavy atom. The van der Waals surface area contributed by atoms with Crippen LogP contribution in [0.5, 0.6) is 0 Å². The quantitative estimate of drug-likeness (QED) is 0.895. The van der Waals surface area contributed by atoms with Gasteiger partial charge in [-0.1, -0.05) is 13.8 Å². The molecular weight excluding hydrogens is 330 g/mol. The first-order valence-electron chi connectivity index (χ1n) is 9.84. The van der Waals surface area contributed by atoms with E-state index < -0.39 is 0 Å². The van der Waals surface area contributed by atoms with E-state index in [0.717, 1.165) is 57.7 Å². The van der Waals surface area contributed by atoms with Crippen LogP contribution in [0.3, 0.4) is 0 Å². The molecule has 3 heterocycles. The molecule has 0 aliphatic carbocycles. The van der Waals surface area contributed by atoms with Gasteiger partial charge in [0.15, 0.2) is 0 Å². The van der Waals surface area contributed by atoms with Crippen molar-refractivity contribution in [3.63, 3.8) is 0 Å². The minimum absolute atomic E-state index is 0.0224. The lowest BCUT2D eigenvalue weighted by atomic mass is 10.0. The van der Waals surface area contributed by atoms with Crippen molar-refractivity contribution in [2.45, 2.75) is 64.5 Å². The van der Waals surface area contributed by atoms with Crippen LogP contribution < -0.4 is 5.32 Å². The summed E-state index contributed by atoms with van der Waals surface area (Å²) in [4.78, 5) is 33.4. The van der Waals surface area contributed by atoms with Gasteiger partial charge in [-0.3, -0.25) is 4.79 Å². The summed E-state index contributed by atoms with van der Waals surface area (Å²) in [6.07, 6.45) is 7.49. The molecule has 0 unspecified atom stereocenters. The van der Waals surface area contributed by atoms with Crippen LogP contribution in [0.25, 0.3) is 0 Å². The lowest BCUT2D eigenvalue weighted by Gasteiger charge is -2.35. The molecule has 3 rings (SSSR count). The van der Waals surface area contributed by atoms with E-state index >= 15 is 0 Å². The maximum Gasteiger partial charge on any atom is 0.319 e. The van der Waals surface area contributed by atoms with Crippen molar-refractivity contribution in [3.8, 4) is 0 Å². The van der Waals surface area contributed by atoms with Gasteiger partial charge in [0.25, 0.3) is 0 Å². The molecule has 1 atom stereocenters. The summed E-state index contributed by atoms with van der Waals surface area (Å²) >= 11 is 0. The number of piperidine rings is 1. The third kappa shape index (κ3) is 4.02. The smallest absolute Gasteiger partial charge is 0.319 e. The van der Waals surface area contributed by atoms with E-state index in [0.29, 0.717) is 0 Å². The van der Waals surface area contributed by atoms with Crippen molar-refractivity contribution < 1.29 is 9.59 Å². The molecule has 7 nitrogen and oxygen atoms in total. The van der Waals surface area contributed by atoms with Gasteiger partial charge in [-0.25, -0.2) is 9.78 Å². The zero-order valence-electron chi connectivity index (χ0n) is 16.1. The average molecular weight is 361 g/mol. The van der Waals surface area contributed by atoms with Gasteiger partial charge in [0.1, 0.15) is 11.9 Å². The Hall–Kier alpha value is -2.05. The first-order chi connectivity index (χ1) is 12.5. The summed E-state index contributed by atoms with van der Waals surface area (Å²) in [5, 5.41) is 3.16. The number of nitrogens with one attached hydrogen (secondary N) is 1. The Bertz CT molecular complexity index is 628. The molecule has 0 saturated carbocycles. The van der Waals surface area contributed by atoms with Crippen molar-refractivity contribution in [2.75, 3.05) is 26.2 Å². The SMILES string of the molecule is CC(C)c1nccn1[C@H](C)C(=O)NC1CCN(C(=O)N2CCCC2)CC1. The predicted octanol–water partition coefficient (Wildman–Crippen LogP) is 2.36. The van der Waals surface area contributed by atoms with Gasteiger partial charge in [0.2, 0.25) is 5.91 Å². The molecule has 2 saturated heterocycles. The maximum atomic E-state index is 12.7. The number of likely N-dealkylation sites (tertiary alicyclic amines) is 2. The molecule has 3 amide bonds. The van der Waals surface area contributed by atoms with E-state index in [2.05, 4.69) is 24.1 Å². The molecule has 2 aliphatic heterocycles. The van der Waals surface area contributed by atoms with Crippen molar-refractivity contribution in [1.29, 1.82) is 0 Å². The standard InChI is InChI=1S/C19H31N5O2/c1-14(2)17-20-8-13-24(17)15(3)18(25)21-16-6-11-23(12-7-16)19(26)22-9-4-5-10-22/h8,13-16H,4-7,9-12H2,1-3H3,(H,21,25)/t15-/m1/s1. The van der Waals surface area contributed by atoms with Gasteiger partial charge < -0.3 is 19.7 Å². The Morgan fingerprint density at radius 3 is 2.31 bits per heavy atom. The molecular formula is C19H31N5O2. The van der Waals surface area contributed by atoms with E-state index in [9.17, 15) is 9.59 Å². The molecule has 2 aliphatic rings. The maximum absolute atomic E-state index is 12.7. The predicted molar refractivity (Wildman–Crippen MR) is 100.0 cm³/mol. The fraction of sp³-hybridized carbons (Fsp3) is 0.737. The Morgan fingerprint density at radius 2 is 1.69 bits per heavy atom. The van der Waals surface area contributed by atoms with E-state index in [4.69, 9.17) is 0 Å². The second kappa shape index (κ2) is 8.10. The molecule has 0 aromatic carbocycles. The second-order valence-electron chi connectivity index (χ2n) is 7.77. The minimum Gasteiger partial charge on any atom is -0.351 e. The summed E-state index contributed by atoms with van der Waals surface area (Å²) < 4.78 is 1.95. The number of imidazole rings is 1. The molecule has 7 heteroatoms. The van der Waals surface area contributed by atoms with Crippen LogP contribution in [0.2, 0.25) is 0 Å². The Balaban J connectivity index is 1.50. The fourth-order valence-corrected chi connectivity index (χ4v) is 3.87. The molecule has 1 aromatic heterocycles. The molecule has 1 N–H and O–H groups in total. The van der Waals surface area contributed by atoms with Crippen LogP contribution in [0, 0.1) is 0 Å². The number of rotatable bonds is 4. The first-order valence-corrected chi connectivity index (χ1v) is 9.84. The number of urea groups is 1. The van der Waals surface area contributed by atoms with Crippen molar-refractivity contribution >= 4 is 11.9 Å². The molecule has 0 radical (unpaired) electrons. The Labute approximate surface area is 155 Å². The molecule has 144 valence electrons. The number of carbonyl (C=O) groups is 2. The molecule has 26 heavy (non-hydrogen) atoms. The number of nitrogens with zero attached hydrogens (tertiary/aromatic N) is 4. The molecule has 0 spiro atoms. The number of hydrogen-bond acceptors (Lipinski definition) is 3. The number of hydrogen-bond donors (Lipinski definition) is 1. The summed E-state index contributed by atoms with van der Waals surface area (Å²) in [7, 11) is 0. The highest BCUT2D eigenvalue weighted by Gasteiger charge is 2.29. The van der Waals surface area contributed by atoms with E-state index in [-0.39, 0.29) is 29.9 Å². The third-order valence-electron chi connectivity index (χ3n) is 5.50. The van der Waals surface area contributed by atoms with Gasteiger partial charge >= 0.3 is 6.03 Å². The van der Waals surface area contributed by atoms with Crippen molar-refractivity contribution in [2.24, 2.45) is 0 Å². The largest absolute Gasteiger partial charge is 0.351 e. The summed E-state index contributed by atoms with van der Waals surface area (Å²) in [5.41, 5.74) is 0. The molecule has 1 aromatic rings. The minimum atomic E-state index is -0.279. The lowest BCUT2D eigenvalue weighted by Crippen LogP contribution is -2.50. The first kappa shape index (κ1) is 18.7. The highest BCUT2D eigenvalue weighted by atomic mass is 16.2. The van der Waals surface area contributed by atoms with Crippen LogP contribution >= 0.6 is 0 Å². The highest BCUT2D eigenvalue weighted by molar-refractivity contribution is 5.80. The zero-order valence-corrected chi connectivity index (χ0v) is 16.1. The van der Waals surface area contributed by atoms with Crippen molar-refractivity contribution in [1.82, 2.24) is 24.7 Å². The Kier molecular flexibility index (Phi) is 5.84. The van der Waals surface area contributed by atoms with Crippen LogP contribution in [-0.2, 0) is 4.79 Å². The van der Waals surface area contributed by atoms with Crippen LogP contribution in [-0.4, -0.2) is 63.5 Å². The molecule has 2 fully saturated rings. The summed E-state index contributed by atoms with van der Waals surface area (Å²) in [6.45, 7) is 9.28. The van der Waals surface area contributed by atoms with Crippen molar-refractivity contribution in [3.05, 3.63) is 18.2 Å². The summed E-state index contributed by atoms with van der Waals surface area (Å²) in [5.74, 6) is 1.23. The van der Waals surface area contributed by atoms with Gasteiger partial charge in [-0.05, 0) is 32.6 Å². The van der Waals surface area contributed by atoms with Crippen LogP contribution in [0.15, 0.2) is 12.4 Å². The van der Waals surface area contributed by atoms with Gasteiger partial charge in [-0.15, -0.1) is 0 Å². The normalized spacial score (nSPS) is 19.8. The lowest BCUT2D eigenvalue weighted by molar-refractivity contribution is -0.124. The zero-order chi connectivity index (χ0) is 18.7. The fourth-order valence-electron chi connectivity index (χ4n) is 3.87. The number of aromatic nitrogens is 2. The van der Waals surface area contributed by atoms with Crippen LogP contribution in [0.4, 0.5) is 4.79 Å². The molecule has 0 bridgehead atoms. The van der Waals surface area contributed by atoms with Crippen LogP contribution in [0.1, 0.15) is 64.2 Å². The topological polar surface area (TPSA) is 70.5 Å². The average Bonchev–Trinajstić information content (AvgIpc) is 3.32. The highest BCUT2D eigenvalue weighted by Crippen LogP contribution is 2.19. The van der Waals surface area contributed by atoms with Gasteiger partial charge in [0, 0.05) is 50.5 Å². The second-order valence-corrected chi connectivity index (χ2v) is 7.77. The number of carbonyl (C=O) groups excluding carboxylic acids is 2.